The fraction of sp³-hybridized carbons (Fsp3) is 0.364. The van der Waals surface area contributed by atoms with Crippen LogP contribution in [-0.4, -0.2) is 27.7 Å². The number of nitro benzene ring substituents is 1. The molecule has 1 aromatic carbocycles. The Kier molecular flexibility index (Phi) is 3.34. The number of halogens is 1. The molecular weight excluding hydrogens is 259 g/mol. The standard InChI is InChI=1S/C11H11FN2O5/c12-7-3-10(15)6(2-9(7)14(18)19)8-1-5(4-13-8)11(16)17/h2-3,5,8,13,15H,1,4H2,(H,16,17). The van der Waals surface area contributed by atoms with Crippen LogP contribution < -0.4 is 5.32 Å². The maximum atomic E-state index is 13.3. The number of phenols is 1. The van der Waals surface area contributed by atoms with E-state index in [0.717, 1.165) is 6.07 Å². The minimum atomic E-state index is -1.13. The predicted molar refractivity (Wildman–Crippen MR) is 61.2 cm³/mol. The fourth-order valence-corrected chi connectivity index (χ4v) is 2.15. The number of benzene rings is 1. The van der Waals surface area contributed by atoms with E-state index in [9.17, 15) is 24.4 Å². The molecule has 19 heavy (non-hydrogen) atoms. The molecule has 2 atom stereocenters. The van der Waals surface area contributed by atoms with Crippen LogP contribution in [0.25, 0.3) is 0 Å². The number of carbonyl (C=O) groups is 1. The Bertz CT molecular complexity index is 548. The van der Waals surface area contributed by atoms with E-state index < -0.39 is 40.1 Å². The minimum absolute atomic E-state index is 0.136. The van der Waals surface area contributed by atoms with Crippen molar-refractivity contribution < 1.29 is 24.3 Å². The molecule has 1 aliphatic rings. The van der Waals surface area contributed by atoms with Crippen LogP contribution in [0.4, 0.5) is 10.1 Å². The van der Waals surface area contributed by atoms with Crippen LogP contribution in [0.15, 0.2) is 12.1 Å². The van der Waals surface area contributed by atoms with Crippen molar-refractivity contribution in [1.29, 1.82) is 0 Å². The van der Waals surface area contributed by atoms with E-state index in [1.54, 1.807) is 0 Å². The molecule has 0 saturated carbocycles. The molecule has 0 amide bonds. The average Bonchev–Trinajstić information content (AvgIpc) is 2.77. The van der Waals surface area contributed by atoms with Gasteiger partial charge in [-0.25, -0.2) is 0 Å². The number of phenolic OH excluding ortho intramolecular Hbond substituents is 1. The summed E-state index contributed by atoms with van der Waals surface area (Å²) in [5.74, 6) is -3.16. The van der Waals surface area contributed by atoms with Gasteiger partial charge in [0.15, 0.2) is 0 Å². The third kappa shape index (κ3) is 2.48. The highest BCUT2D eigenvalue weighted by Crippen LogP contribution is 2.36. The van der Waals surface area contributed by atoms with Gasteiger partial charge in [0.05, 0.1) is 10.8 Å². The summed E-state index contributed by atoms with van der Waals surface area (Å²) in [7, 11) is 0. The molecule has 1 heterocycles. The minimum Gasteiger partial charge on any atom is -0.507 e. The lowest BCUT2D eigenvalue weighted by molar-refractivity contribution is -0.387. The maximum Gasteiger partial charge on any atom is 0.307 e. The zero-order valence-corrected chi connectivity index (χ0v) is 9.67. The van der Waals surface area contributed by atoms with Gasteiger partial charge in [-0.1, -0.05) is 0 Å². The van der Waals surface area contributed by atoms with Crippen molar-refractivity contribution in [2.75, 3.05) is 6.54 Å². The summed E-state index contributed by atoms with van der Waals surface area (Å²) in [6, 6.07) is 1.07. The Balaban J connectivity index is 2.33. The van der Waals surface area contributed by atoms with E-state index in [1.165, 1.54) is 0 Å². The zero-order chi connectivity index (χ0) is 14.2. The third-order valence-electron chi connectivity index (χ3n) is 3.15. The number of carboxylic acid groups (broad SMARTS) is 1. The molecule has 3 N–H and O–H groups in total. The topological polar surface area (TPSA) is 113 Å². The number of hydrogen-bond donors (Lipinski definition) is 3. The normalized spacial score (nSPS) is 22.4. The molecule has 0 aliphatic carbocycles. The monoisotopic (exact) mass is 270 g/mol. The average molecular weight is 270 g/mol. The van der Waals surface area contributed by atoms with Crippen LogP contribution in [0.2, 0.25) is 0 Å². The zero-order valence-electron chi connectivity index (χ0n) is 9.67. The van der Waals surface area contributed by atoms with Crippen LogP contribution in [0.3, 0.4) is 0 Å². The summed E-state index contributed by atoms with van der Waals surface area (Å²) in [5, 5.41) is 32.0. The quantitative estimate of drug-likeness (QED) is 0.561. The first-order valence-corrected chi connectivity index (χ1v) is 5.53. The van der Waals surface area contributed by atoms with Gasteiger partial charge in [-0.15, -0.1) is 0 Å². The molecule has 2 unspecified atom stereocenters. The van der Waals surface area contributed by atoms with Crippen LogP contribution in [-0.2, 0) is 4.79 Å². The number of nitro groups is 1. The molecule has 0 radical (unpaired) electrons. The molecular formula is C11H11FN2O5. The van der Waals surface area contributed by atoms with Crippen LogP contribution in [0, 0.1) is 21.8 Å². The first-order valence-electron chi connectivity index (χ1n) is 5.53. The van der Waals surface area contributed by atoms with Gasteiger partial charge in [-0.3, -0.25) is 14.9 Å². The van der Waals surface area contributed by atoms with Gasteiger partial charge < -0.3 is 15.5 Å². The van der Waals surface area contributed by atoms with Crippen molar-refractivity contribution in [2.45, 2.75) is 12.5 Å². The van der Waals surface area contributed by atoms with Gasteiger partial charge in [-0.2, -0.15) is 4.39 Å². The third-order valence-corrected chi connectivity index (χ3v) is 3.15. The molecule has 0 spiro atoms. The Morgan fingerprint density at radius 1 is 1.53 bits per heavy atom. The maximum absolute atomic E-state index is 13.3. The van der Waals surface area contributed by atoms with Crippen molar-refractivity contribution in [3.63, 3.8) is 0 Å². The second-order valence-corrected chi connectivity index (χ2v) is 4.35. The Morgan fingerprint density at radius 2 is 2.21 bits per heavy atom. The van der Waals surface area contributed by atoms with Gasteiger partial charge in [0.25, 0.3) is 0 Å². The van der Waals surface area contributed by atoms with E-state index >= 15 is 0 Å². The lowest BCUT2D eigenvalue weighted by Gasteiger charge is -2.12. The lowest BCUT2D eigenvalue weighted by Crippen LogP contribution is -2.17. The summed E-state index contributed by atoms with van der Waals surface area (Å²) < 4.78 is 13.3. The molecule has 0 aromatic heterocycles. The molecule has 1 aromatic rings. The van der Waals surface area contributed by atoms with Gasteiger partial charge in [-0.05, 0) is 6.42 Å². The molecule has 1 saturated heterocycles. The number of aromatic hydroxyl groups is 1. The number of rotatable bonds is 3. The number of nitrogens with zero attached hydrogens (tertiary/aromatic N) is 1. The Hall–Kier alpha value is -2.22. The van der Waals surface area contributed by atoms with Crippen molar-refractivity contribution in [3.8, 4) is 5.75 Å². The number of aliphatic carboxylic acids is 1. The smallest absolute Gasteiger partial charge is 0.307 e. The largest absolute Gasteiger partial charge is 0.507 e. The summed E-state index contributed by atoms with van der Waals surface area (Å²) in [4.78, 5) is 20.6. The number of hydrogen-bond acceptors (Lipinski definition) is 5. The van der Waals surface area contributed by atoms with E-state index in [1.807, 2.05) is 0 Å². The summed E-state index contributed by atoms with van der Waals surface area (Å²) in [6.45, 7) is 0.199. The summed E-state index contributed by atoms with van der Waals surface area (Å²) in [5.41, 5.74) is -0.606. The number of carboxylic acids is 1. The highest BCUT2D eigenvalue weighted by molar-refractivity contribution is 5.71. The molecule has 8 heteroatoms. The number of nitrogens with one attached hydrogen (secondary N) is 1. The van der Waals surface area contributed by atoms with Crippen molar-refractivity contribution in [1.82, 2.24) is 5.32 Å². The molecule has 1 fully saturated rings. The Morgan fingerprint density at radius 3 is 2.74 bits per heavy atom. The predicted octanol–water partition coefficient (Wildman–Crippen LogP) is 1.17. The van der Waals surface area contributed by atoms with Gasteiger partial charge in [0.1, 0.15) is 5.75 Å². The van der Waals surface area contributed by atoms with Crippen molar-refractivity contribution in [2.24, 2.45) is 5.92 Å². The van der Waals surface area contributed by atoms with Gasteiger partial charge >= 0.3 is 11.7 Å². The molecule has 1 aliphatic heterocycles. The highest BCUT2D eigenvalue weighted by Gasteiger charge is 2.33. The second kappa shape index (κ2) is 4.81. The fourth-order valence-electron chi connectivity index (χ4n) is 2.15. The molecule has 2 rings (SSSR count). The summed E-state index contributed by atoms with van der Waals surface area (Å²) >= 11 is 0. The first kappa shape index (κ1) is 13.2. The van der Waals surface area contributed by atoms with Gasteiger partial charge in [0.2, 0.25) is 5.82 Å². The lowest BCUT2D eigenvalue weighted by atomic mass is 9.99. The molecule has 7 nitrogen and oxygen atoms in total. The summed E-state index contributed by atoms with van der Waals surface area (Å²) in [6.07, 6.45) is 0.186. The van der Waals surface area contributed by atoms with E-state index in [0.29, 0.717) is 6.07 Å². The molecule has 102 valence electrons. The van der Waals surface area contributed by atoms with Crippen LogP contribution in [0.5, 0.6) is 5.75 Å². The second-order valence-electron chi connectivity index (χ2n) is 4.35. The van der Waals surface area contributed by atoms with Crippen LogP contribution in [0.1, 0.15) is 18.0 Å². The van der Waals surface area contributed by atoms with E-state index in [2.05, 4.69) is 5.32 Å². The highest BCUT2D eigenvalue weighted by atomic mass is 19.1. The molecule has 0 bridgehead atoms. The van der Waals surface area contributed by atoms with E-state index in [4.69, 9.17) is 5.11 Å². The Labute approximate surface area is 106 Å². The van der Waals surface area contributed by atoms with Crippen molar-refractivity contribution >= 4 is 11.7 Å². The van der Waals surface area contributed by atoms with Crippen LogP contribution >= 0.6 is 0 Å². The van der Waals surface area contributed by atoms with Crippen molar-refractivity contribution in [3.05, 3.63) is 33.6 Å². The van der Waals surface area contributed by atoms with Gasteiger partial charge in [0, 0.05) is 30.3 Å². The first-order chi connectivity index (χ1) is 8.90. The van der Waals surface area contributed by atoms with E-state index in [-0.39, 0.29) is 18.5 Å². The SMILES string of the molecule is O=C(O)C1CNC(c2cc([N+](=O)[O-])c(F)cc2O)C1.